The first-order valence-corrected chi connectivity index (χ1v) is 11.0. The molecular formula is C26H24N2O8. The fraction of sp³-hybridized carbons (Fsp3) is 0.231. The van der Waals surface area contributed by atoms with Crippen LogP contribution in [0.15, 0.2) is 24.3 Å². The standard InChI is InChI=1S/C26H24N2O8/c1-11-7-17-19(27-11)10-23(35-15(5)31)26(36-16(6)32)25(17)24-12(2)28-20-9-22(34-14(4)30)21(8-18(20)24)33-13(3)29/h7-10,27-28H,1-6H3. The summed E-state index contributed by atoms with van der Waals surface area (Å²) >= 11 is 0. The second-order valence-electron chi connectivity index (χ2n) is 8.34. The summed E-state index contributed by atoms with van der Waals surface area (Å²) in [6.07, 6.45) is 0. The molecule has 4 rings (SSSR count). The van der Waals surface area contributed by atoms with Crippen LogP contribution in [-0.2, 0) is 19.2 Å². The van der Waals surface area contributed by atoms with Gasteiger partial charge in [0, 0.05) is 73.1 Å². The number of rotatable bonds is 5. The van der Waals surface area contributed by atoms with E-state index in [9.17, 15) is 19.2 Å². The molecule has 0 amide bonds. The number of fused-ring (bicyclic) bond motifs is 2. The zero-order valence-electron chi connectivity index (χ0n) is 20.6. The topological polar surface area (TPSA) is 137 Å². The molecular weight excluding hydrogens is 468 g/mol. The third-order valence-corrected chi connectivity index (χ3v) is 5.29. The summed E-state index contributed by atoms with van der Waals surface area (Å²) in [7, 11) is 0. The van der Waals surface area contributed by atoms with Gasteiger partial charge in [0.1, 0.15) is 0 Å². The summed E-state index contributed by atoms with van der Waals surface area (Å²) in [4.78, 5) is 53.8. The van der Waals surface area contributed by atoms with Crippen molar-refractivity contribution in [3.8, 4) is 34.1 Å². The number of hydrogen-bond acceptors (Lipinski definition) is 8. The van der Waals surface area contributed by atoms with E-state index in [0.717, 1.165) is 5.69 Å². The maximum Gasteiger partial charge on any atom is 0.308 e. The molecule has 0 saturated carbocycles. The molecule has 0 aliphatic heterocycles. The Balaban J connectivity index is 2.12. The Morgan fingerprint density at radius 3 is 1.64 bits per heavy atom. The van der Waals surface area contributed by atoms with E-state index in [-0.39, 0.29) is 23.0 Å². The van der Waals surface area contributed by atoms with Crippen LogP contribution in [0.2, 0.25) is 0 Å². The van der Waals surface area contributed by atoms with Gasteiger partial charge in [-0.15, -0.1) is 0 Å². The predicted octanol–water partition coefficient (Wildman–Crippen LogP) is 4.63. The van der Waals surface area contributed by atoms with Gasteiger partial charge in [-0.05, 0) is 26.0 Å². The fourth-order valence-corrected chi connectivity index (χ4v) is 4.22. The number of aromatic nitrogens is 2. The minimum atomic E-state index is -0.605. The third kappa shape index (κ3) is 4.65. The minimum Gasteiger partial charge on any atom is -0.423 e. The molecule has 0 saturated heterocycles. The maximum atomic E-state index is 12.1. The average molecular weight is 492 g/mol. The molecule has 0 radical (unpaired) electrons. The zero-order valence-corrected chi connectivity index (χ0v) is 20.6. The Morgan fingerprint density at radius 2 is 1.06 bits per heavy atom. The first-order chi connectivity index (χ1) is 16.9. The molecule has 36 heavy (non-hydrogen) atoms. The summed E-state index contributed by atoms with van der Waals surface area (Å²) in [6.45, 7) is 8.66. The van der Waals surface area contributed by atoms with E-state index in [2.05, 4.69) is 9.97 Å². The minimum absolute atomic E-state index is 0.0390. The van der Waals surface area contributed by atoms with Gasteiger partial charge in [0.2, 0.25) is 0 Å². The molecule has 10 heteroatoms. The number of aryl methyl sites for hydroxylation is 2. The van der Waals surface area contributed by atoms with Crippen LogP contribution in [0.5, 0.6) is 23.0 Å². The lowest BCUT2D eigenvalue weighted by Gasteiger charge is -2.16. The largest absolute Gasteiger partial charge is 0.423 e. The molecule has 2 aromatic carbocycles. The van der Waals surface area contributed by atoms with Crippen molar-refractivity contribution in [1.82, 2.24) is 9.97 Å². The lowest BCUT2D eigenvalue weighted by molar-refractivity contribution is -0.134. The van der Waals surface area contributed by atoms with Crippen molar-refractivity contribution in [2.24, 2.45) is 0 Å². The second-order valence-corrected chi connectivity index (χ2v) is 8.34. The van der Waals surface area contributed by atoms with Crippen molar-refractivity contribution in [3.63, 3.8) is 0 Å². The van der Waals surface area contributed by atoms with Gasteiger partial charge in [0.25, 0.3) is 0 Å². The summed E-state index contributed by atoms with van der Waals surface area (Å²) in [5.74, 6) is -2.15. The quantitative estimate of drug-likeness (QED) is 0.304. The van der Waals surface area contributed by atoms with Crippen molar-refractivity contribution in [3.05, 3.63) is 35.7 Å². The number of carbonyl (C=O) groups excluding carboxylic acids is 4. The van der Waals surface area contributed by atoms with Crippen LogP contribution in [-0.4, -0.2) is 33.8 Å². The van der Waals surface area contributed by atoms with Gasteiger partial charge in [-0.25, -0.2) is 0 Å². The number of hydrogen-bond donors (Lipinski definition) is 2. The van der Waals surface area contributed by atoms with Crippen LogP contribution < -0.4 is 18.9 Å². The molecule has 10 nitrogen and oxygen atoms in total. The van der Waals surface area contributed by atoms with Crippen LogP contribution in [0.25, 0.3) is 32.9 Å². The molecule has 0 spiro atoms. The van der Waals surface area contributed by atoms with E-state index in [4.69, 9.17) is 18.9 Å². The molecule has 0 fully saturated rings. The maximum absolute atomic E-state index is 12.1. The number of esters is 4. The molecule has 0 aliphatic carbocycles. The molecule has 0 bridgehead atoms. The summed E-state index contributed by atoms with van der Waals surface area (Å²) < 4.78 is 21.6. The number of nitrogens with one attached hydrogen (secondary N) is 2. The van der Waals surface area contributed by atoms with E-state index in [1.165, 1.54) is 27.7 Å². The van der Waals surface area contributed by atoms with Gasteiger partial charge in [0.15, 0.2) is 23.0 Å². The van der Waals surface area contributed by atoms with Gasteiger partial charge in [-0.2, -0.15) is 0 Å². The lowest BCUT2D eigenvalue weighted by Crippen LogP contribution is -2.08. The van der Waals surface area contributed by atoms with Gasteiger partial charge in [-0.1, -0.05) is 0 Å². The Labute approximate surface area is 205 Å². The van der Waals surface area contributed by atoms with Crippen molar-refractivity contribution in [2.45, 2.75) is 41.5 Å². The highest BCUT2D eigenvalue weighted by Gasteiger charge is 2.26. The number of aromatic amines is 2. The molecule has 0 atom stereocenters. The molecule has 2 heterocycles. The van der Waals surface area contributed by atoms with Crippen LogP contribution in [0.3, 0.4) is 0 Å². The molecule has 0 aliphatic rings. The van der Waals surface area contributed by atoms with Crippen LogP contribution in [0, 0.1) is 13.8 Å². The molecule has 186 valence electrons. The van der Waals surface area contributed by atoms with E-state index in [1.807, 2.05) is 19.9 Å². The Hall–Kier alpha value is -4.60. The Bertz CT molecular complexity index is 1570. The zero-order chi connectivity index (χ0) is 26.3. The van der Waals surface area contributed by atoms with Crippen LogP contribution in [0.1, 0.15) is 39.1 Å². The van der Waals surface area contributed by atoms with Crippen molar-refractivity contribution >= 4 is 45.7 Å². The Kier molecular flexibility index (Phi) is 6.28. The van der Waals surface area contributed by atoms with Crippen molar-refractivity contribution in [2.75, 3.05) is 0 Å². The van der Waals surface area contributed by atoms with E-state index >= 15 is 0 Å². The molecule has 4 aromatic rings. The van der Waals surface area contributed by atoms with Crippen molar-refractivity contribution < 1.29 is 38.1 Å². The highest BCUT2D eigenvalue weighted by molar-refractivity contribution is 6.10. The van der Waals surface area contributed by atoms with Gasteiger partial charge in [0.05, 0.1) is 11.0 Å². The number of benzene rings is 2. The molecule has 2 aromatic heterocycles. The average Bonchev–Trinajstić information content (AvgIpc) is 3.25. The normalized spacial score (nSPS) is 10.9. The summed E-state index contributed by atoms with van der Waals surface area (Å²) in [5, 5.41) is 1.30. The fourth-order valence-electron chi connectivity index (χ4n) is 4.22. The third-order valence-electron chi connectivity index (χ3n) is 5.29. The van der Waals surface area contributed by atoms with Gasteiger partial charge < -0.3 is 28.9 Å². The summed E-state index contributed by atoms with van der Waals surface area (Å²) in [5.41, 5.74) is 3.83. The predicted molar refractivity (Wildman–Crippen MR) is 130 cm³/mol. The Morgan fingerprint density at radius 1 is 0.583 bits per heavy atom. The SMILES string of the molecule is CC(=O)Oc1cc2[nH]c(C)c(-c3c(OC(C)=O)c(OC(C)=O)cc4[nH]c(C)cc34)c2cc1OC(C)=O. The first kappa shape index (κ1) is 24.5. The van der Waals surface area contributed by atoms with E-state index < -0.39 is 23.9 Å². The number of H-pyrrole nitrogens is 2. The highest BCUT2D eigenvalue weighted by atomic mass is 16.6. The second kappa shape index (κ2) is 9.21. The smallest absolute Gasteiger partial charge is 0.308 e. The van der Waals surface area contributed by atoms with Crippen LogP contribution in [0.4, 0.5) is 0 Å². The first-order valence-electron chi connectivity index (χ1n) is 11.0. The van der Waals surface area contributed by atoms with E-state index in [1.54, 1.807) is 18.2 Å². The summed E-state index contributed by atoms with van der Waals surface area (Å²) in [6, 6.07) is 6.59. The number of ether oxygens (including phenoxy) is 4. The highest BCUT2D eigenvalue weighted by Crippen LogP contribution is 2.49. The molecule has 2 N–H and O–H groups in total. The van der Waals surface area contributed by atoms with E-state index in [0.29, 0.717) is 38.6 Å². The van der Waals surface area contributed by atoms with Crippen LogP contribution >= 0.6 is 0 Å². The van der Waals surface area contributed by atoms with Crippen molar-refractivity contribution in [1.29, 1.82) is 0 Å². The monoisotopic (exact) mass is 492 g/mol. The van der Waals surface area contributed by atoms with Gasteiger partial charge in [-0.3, -0.25) is 19.2 Å². The molecule has 0 unspecified atom stereocenters. The van der Waals surface area contributed by atoms with Gasteiger partial charge >= 0.3 is 23.9 Å². The lowest BCUT2D eigenvalue weighted by atomic mass is 9.96. The number of carbonyl (C=O) groups is 4.